The first-order valence-electron chi connectivity index (χ1n) is 5.86. The van der Waals surface area contributed by atoms with Crippen molar-refractivity contribution in [2.24, 2.45) is 11.8 Å². The Labute approximate surface area is 90.6 Å². The molecule has 0 amide bonds. The molecule has 2 rings (SSSR count). The van der Waals surface area contributed by atoms with Crippen LogP contribution in [0.5, 0.6) is 0 Å². The molecule has 4 heteroatoms. The van der Waals surface area contributed by atoms with Crippen molar-refractivity contribution in [3.8, 4) is 0 Å². The molecular formula is C11H21NO3. The highest BCUT2D eigenvalue weighted by molar-refractivity contribution is 4.93. The van der Waals surface area contributed by atoms with Crippen molar-refractivity contribution in [2.45, 2.75) is 24.9 Å². The molecule has 3 N–H and O–H groups in total. The van der Waals surface area contributed by atoms with E-state index in [0.29, 0.717) is 19.1 Å². The summed E-state index contributed by atoms with van der Waals surface area (Å²) in [5.41, 5.74) is -0.570. The highest BCUT2D eigenvalue weighted by atomic mass is 16.5. The predicted molar refractivity (Wildman–Crippen MR) is 56.6 cm³/mol. The molecule has 2 aliphatic heterocycles. The Morgan fingerprint density at radius 2 is 2.00 bits per heavy atom. The highest BCUT2D eigenvalue weighted by Crippen LogP contribution is 2.34. The fourth-order valence-corrected chi connectivity index (χ4v) is 2.71. The number of aliphatic hydroxyl groups excluding tert-OH is 1. The maximum absolute atomic E-state index is 10.5. The fourth-order valence-electron chi connectivity index (χ4n) is 2.71. The molecule has 0 bridgehead atoms. The van der Waals surface area contributed by atoms with E-state index in [2.05, 4.69) is 5.32 Å². The number of ether oxygens (including phenoxy) is 1. The first-order valence-corrected chi connectivity index (χ1v) is 5.86. The molecule has 0 aromatic heterocycles. The summed E-state index contributed by atoms with van der Waals surface area (Å²) in [5, 5.41) is 23.0. The van der Waals surface area contributed by atoms with Crippen molar-refractivity contribution in [3.63, 3.8) is 0 Å². The van der Waals surface area contributed by atoms with Gasteiger partial charge in [0.15, 0.2) is 0 Å². The summed E-state index contributed by atoms with van der Waals surface area (Å²) in [6.45, 7) is 3.29. The Bertz CT molecular complexity index is 204. The van der Waals surface area contributed by atoms with Gasteiger partial charge >= 0.3 is 0 Å². The molecule has 0 radical (unpaired) electrons. The van der Waals surface area contributed by atoms with E-state index in [4.69, 9.17) is 9.84 Å². The van der Waals surface area contributed by atoms with Crippen LogP contribution in [0.15, 0.2) is 0 Å². The van der Waals surface area contributed by atoms with Crippen LogP contribution in [0.2, 0.25) is 0 Å². The Hall–Kier alpha value is -0.160. The van der Waals surface area contributed by atoms with Gasteiger partial charge in [0.1, 0.15) is 0 Å². The van der Waals surface area contributed by atoms with Crippen LogP contribution in [-0.4, -0.2) is 48.7 Å². The molecule has 0 aromatic carbocycles. The molecule has 2 heterocycles. The van der Waals surface area contributed by atoms with Crippen LogP contribution in [0, 0.1) is 11.8 Å². The first-order chi connectivity index (χ1) is 7.24. The SMILES string of the molecule is OCC1CNCC(C2(O)CCOCC2)C1. The quantitative estimate of drug-likeness (QED) is 0.594. The molecule has 15 heavy (non-hydrogen) atoms. The minimum Gasteiger partial charge on any atom is -0.396 e. The minimum atomic E-state index is -0.570. The monoisotopic (exact) mass is 215 g/mol. The van der Waals surface area contributed by atoms with Gasteiger partial charge in [-0.1, -0.05) is 0 Å². The van der Waals surface area contributed by atoms with E-state index in [1.165, 1.54) is 0 Å². The van der Waals surface area contributed by atoms with Crippen molar-refractivity contribution in [1.29, 1.82) is 0 Å². The first kappa shape index (κ1) is 11.3. The Kier molecular flexibility index (Phi) is 3.61. The maximum Gasteiger partial charge on any atom is 0.0731 e. The number of aliphatic hydroxyl groups is 2. The third kappa shape index (κ3) is 2.50. The number of nitrogens with one attached hydrogen (secondary N) is 1. The van der Waals surface area contributed by atoms with Gasteiger partial charge in [0.05, 0.1) is 5.60 Å². The van der Waals surface area contributed by atoms with Crippen LogP contribution in [0.25, 0.3) is 0 Å². The molecule has 0 saturated carbocycles. The summed E-state index contributed by atoms with van der Waals surface area (Å²) in [7, 11) is 0. The topological polar surface area (TPSA) is 61.7 Å². The molecule has 0 aromatic rings. The van der Waals surface area contributed by atoms with Crippen LogP contribution in [-0.2, 0) is 4.74 Å². The van der Waals surface area contributed by atoms with Gasteiger partial charge in [0, 0.05) is 38.8 Å². The minimum absolute atomic E-state index is 0.218. The average molecular weight is 215 g/mol. The normalized spacial score (nSPS) is 36.4. The third-order valence-electron chi connectivity index (χ3n) is 3.82. The van der Waals surface area contributed by atoms with Crippen molar-refractivity contribution in [2.75, 3.05) is 32.9 Å². The maximum atomic E-state index is 10.5. The number of hydrogen-bond donors (Lipinski definition) is 3. The van der Waals surface area contributed by atoms with Crippen LogP contribution >= 0.6 is 0 Å². The second-order valence-corrected chi connectivity index (χ2v) is 4.86. The van der Waals surface area contributed by atoms with Gasteiger partial charge in [0.2, 0.25) is 0 Å². The van der Waals surface area contributed by atoms with Crippen LogP contribution in [0.3, 0.4) is 0 Å². The smallest absolute Gasteiger partial charge is 0.0731 e. The standard InChI is InChI=1S/C11H21NO3/c13-8-9-5-10(7-12-6-9)11(14)1-3-15-4-2-11/h9-10,12-14H,1-8H2. The lowest BCUT2D eigenvalue weighted by molar-refractivity contribution is -0.109. The highest BCUT2D eigenvalue weighted by Gasteiger charge is 2.40. The van der Waals surface area contributed by atoms with Crippen LogP contribution < -0.4 is 5.32 Å². The lowest BCUT2D eigenvalue weighted by Gasteiger charge is -2.43. The molecule has 2 saturated heterocycles. The largest absolute Gasteiger partial charge is 0.396 e. The molecular weight excluding hydrogens is 194 g/mol. The van der Waals surface area contributed by atoms with Gasteiger partial charge in [-0.25, -0.2) is 0 Å². The average Bonchev–Trinajstić information content (AvgIpc) is 2.30. The van der Waals surface area contributed by atoms with E-state index < -0.39 is 5.60 Å². The molecule has 2 atom stereocenters. The van der Waals surface area contributed by atoms with E-state index in [-0.39, 0.29) is 12.5 Å². The van der Waals surface area contributed by atoms with Crippen molar-refractivity contribution in [1.82, 2.24) is 5.32 Å². The molecule has 2 unspecified atom stereocenters. The summed E-state index contributed by atoms with van der Waals surface area (Å²) in [4.78, 5) is 0. The molecule has 0 spiro atoms. The molecule has 2 fully saturated rings. The van der Waals surface area contributed by atoms with E-state index in [9.17, 15) is 5.11 Å². The van der Waals surface area contributed by atoms with Gasteiger partial charge in [-0.15, -0.1) is 0 Å². The Morgan fingerprint density at radius 1 is 1.27 bits per heavy atom. The van der Waals surface area contributed by atoms with Crippen LogP contribution in [0.1, 0.15) is 19.3 Å². The van der Waals surface area contributed by atoms with E-state index >= 15 is 0 Å². The summed E-state index contributed by atoms with van der Waals surface area (Å²) >= 11 is 0. The molecule has 2 aliphatic rings. The zero-order chi connectivity index (χ0) is 10.7. The van der Waals surface area contributed by atoms with Gasteiger partial charge in [-0.2, -0.15) is 0 Å². The van der Waals surface area contributed by atoms with Gasteiger partial charge in [-0.3, -0.25) is 0 Å². The van der Waals surface area contributed by atoms with Crippen molar-refractivity contribution < 1.29 is 14.9 Å². The van der Waals surface area contributed by atoms with E-state index in [1.54, 1.807) is 0 Å². The second kappa shape index (κ2) is 4.78. The van der Waals surface area contributed by atoms with E-state index in [1.807, 2.05) is 0 Å². The third-order valence-corrected chi connectivity index (χ3v) is 3.82. The molecule has 0 aliphatic carbocycles. The van der Waals surface area contributed by atoms with E-state index in [0.717, 1.165) is 32.4 Å². The zero-order valence-electron chi connectivity index (χ0n) is 9.11. The number of rotatable bonds is 2. The second-order valence-electron chi connectivity index (χ2n) is 4.86. The molecule has 4 nitrogen and oxygen atoms in total. The lowest BCUT2D eigenvalue weighted by atomic mass is 9.75. The van der Waals surface area contributed by atoms with Crippen molar-refractivity contribution in [3.05, 3.63) is 0 Å². The summed E-state index contributed by atoms with van der Waals surface area (Å²) in [5.74, 6) is 0.572. The molecule has 88 valence electrons. The summed E-state index contributed by atoms with van der Waals surface area (Å²) < 4.78 is 5.28. The van der Waals surface area contributed by atoms with Crippen LogP contribution in [0.4, 0.5) is 0 Å². The fraction of sp³-hybridized carbons (Fsp3) is 1.00. The lowest BCUT2D eigenvalue weighted by Crippen LogP contribution is -2.51. The van der Waals surface area contributed by atoms with Gasteiger partial charge < -0.3 is 20.3 Å². The Balaban J connectivity index is 1.95. The number of piperidine rings is 1. The number of hydrogen-bond acceptors (Lipinski definition) is 4. The van der Waals surface area contributed by atoms with Crippen molar-refractivity contribution >= 4 is 0 Å². The Morgan fingerprint density at radius 3 is 2.67 bits per heavy atom. The van der Waals surface area contributed by atoms with Gasteiger partial charge in [-0.05, 0) is 25.2 Å². The summed E-state index contributed by atoms with van der Waals surface area (Å²) in [6.07, 6.45) is 2.40. The predicted octanol–water partition coefficient (Wildman–Crippen LogP) is -0.254. The summed E-state index contributed by atoms with van der Waals surface area (Å²) in [6, 6.07) is 0. The van der Waals surface area contributed by atoms with Gasteiger partial charge in [0.25, 0.3) is 0 Å². The zero-order valence-corrected chi connectivity index (χ0v) is 9.11.